The van der Waals surface area contributed by atoms with Gasteiger partial charge in [-0.15, -0.1) is 0 Å². The molecule has 2 unspecified atom stereocenters. The topological polar surface area (TPSA) is 3.24 Å². The van der Waals surface area contributed by atoms with Crippen molar-refractivity contribution in [2.75, 3.05) is 13.1 Å². The number of rotatable bonds is 1. The SMILES string of the molecule is C/C=C1\CN2CCC3(c4ccccc4C)C=C(C)C1C[C@H]23. The van der Waals surface area contributed by atoms with Gasteiger partial charge >= 0.3 is 0 Å². The Hall–Kier alpha value is -1.34. The summed E-state index contributed by atoms with van der Waals surface area (Å²) < 4.78 is 0. The molecule has 2 bridgehead atoms. The minimum Gasteiger partial charge on any atom is -0.295 e. The van der Waals surface area contributed by atoms with Gasteiger partial charge in [0, 0.05) is 30.5 Å². The third-order valence-corrected chi connectivity index (χ3v) is 6.19. The predicted octanol–water partition coefficient (Wildman–Crippen LogP) is 4.23. The molecule has 0 amide bonds. The van der Waals surface area contributed by atoms with Crippen LogP contribution in [0.5, 0.6) is 0 Å². The van der Waals surface area contributed by atoms with Gasteiger partial charge in [0.2, 0.25) is 0 Å². The van der Waals surface area contributed by atoms with Crippen molar-refractivity contribution in [1.29, 1.82) is 0 Å². The third kappa shape index (κ3) is 1.73. The lowest BCUT2D eigenvalue weighted by atomic mass is 9.62. The first kappa shape index (κ1) is 13.3. The lowest BCUT2D eigenvalue weighted by Crippen LogP contribution is -2.50. The van der Waals surface area contributed by atoms with Crippen LogP contribution in [0.2, 0.25) is 0 Å². The van der Waals surface area contributed by atoms with Crippen LogP contribution in [0.4, 0.5) is 0 Å². The Morgan fingerprint density at radius 2 is 2.05 bits per heavy atom. The highest BCUT2D eigenvalue weighted by molar-refractivity contribution is 5.46. The van der Waals surface area contributed by atoms with Crippen molar-refractivity contribution >= 4 is 0 Å². The van der Waals surface area contributed by atoms with Crippen LogP contribution in [0.15, 0.2) is 47.6 Å². The van der Waals surface area contributed by atoms with Gasteiger partial charge in [-0.05, 0) is 44.7 Å². The van der Waals surface area contributed by atoms with Gasteiger partial charge in [0.1, 0.15) is 0 Å². The summed E-state index contributed by atoms with van der Waals surface area (Å²) in [5, 5.41) is 0. The standard InChI is InChI=1S/C20H25N/c1-4-16-13-21-10-9-20(18-8-6-5-7-14(18)2)12-15(3)17(16)11-19(20)21/h4-8,12,17,19H,9-11,13H2,1-3H3/b16-4+/t17?,19-,20?/m0/s1. The average Bonchev–Trinajstić information content (AvgIpc) is 2.88. The van der Waals surface area contributed by atoms with E-state index in [1.807, 2.05) is 0 Å². The van der Waals surface area contributed by atoms with E-state index in [0.29, 0.717) is 12.0 Å². The molecule has 110 valence electrons. The molecule has 3 aliphatic rings. The smallest absolute Gasteiger partial charge is 0.0305 e. The van der Waals surface area contributed by atoms with Crippen LogP contribution in [-0.4, -0.2) is 24.0 Å². The summed E-state index contributed by atoms with van der Waals surface area (Å²) in [7, 11) is 0. The van der Waals surface area contributed by atoms with Crippen LogP contribution in [0, 0.1) is 12.8 Å². The summed E-state index contributed by atoms with van der Waals surface area (Å²) in [6.45, 7) is 9.28. The molecule has 0 aromatic heterocycles. The fourth-order valence-electron chi connectivity index (χ4n) is 5.18. The van der Waals surface area contributed by atoms with Crippen LogP contribution in [0.3, 0.4) is 0 Å². The number of fused-ring (bicyclic) bond motifs is 1. The Morgan fingerprint density at radius 1 is 1.24 bits per heavy atom. The molecule has 0 radical (unpaired) electrons. The predicted molar refractivity (Wildman–Crippen MR) is 88.5 cm³/mol. The molecule has 1 heteroatoms. The van der Waals surface area contributed by atoms with Gasteiger partial charge in [-0.3, -0.25) is 4.90 Å². The zero-order valence-corrected chi connectivity index (χ0v) is 13.4. The normalized spacial score (nSPS) is 36.9. The zero-order valence-electron chi connectivity index (χ0n) is 13.4. The quantitative estimate of drug-likeness (QED) is 0.695. The summed E-state index contributed by atoms with van der Waals surface area (Å²) in [6, 6.07) is 9.74. The van der Waals surface area contributed by atoms with Gasteiger partial charge in [-0.1, -0.05) is 47.6 Å². The molecule has 2 heterocycles. The number of hydrogen-bond acceptors (Lipinski definition) is 1. The van der Waals surface area contributed by atoms with E-state index in [9.17, 15) is 0 Å². The lowest BCUT2D eigenvalue weighted by Gasteiger charge is -2.48. The molecular formula is C20H25N. The van der Waals surface area contributed by atoms with Crippen LogP contribution < -0.4 is 0 Å². The largest absolute Gasteiger partial charge is 0.295 e. The van der Waals surface area contributed by atoms with Gasteiger partial charge in [-0.25, -0.2) is 0 Å². The van der Waals surface area contributed by atoms with E-state index in [4.69, 9.17) is 0 Å². The number of hydrogen-bond donors (Lipinski definition) is 0. The first-order valence-electron chi connectivity index (χ1n) is 8.30. The highest BCUT2D eigenvalue weighted by Gasteiger charge is 2.53. The monoisotopic (exact) mass is 279 g/mol. The van der Waals surface area contributed by atoms with Crippen molar-refractivity contribution in [3.8, 4) is 0 Å². The maximum absolute atomic E-state index is 2.74. The Bertz CT molecular complexity index is 639. The van der Waals surface area contributed by atoms with E-state index in [1.165, 1.54) is 31.5 Å². The number of piperidine rings is 1. The average molecular weight is 279 g/mol. The van der Waals surface area contributed by atoms with Gasteiger partial charge in [0.25, 0.3) is 0 Å². The van der Waals surface area contributed by atoms with Crippen molar-refractivity contribution in [2.45, 2.75) is 45.1 Å². The van der Waals surface area contributed by atoms with Crippen molar-refractivity contribution in [3.63, 3.8) is 0 Å². The van der Waals surface area contributed by atoms with Crippen LogP contribution in [-0.2, 0) is 5.41 Å². The fourth-order valence-corrected chi connectivity index (χ4v) is 5.18. The fraction of sp³-hybridized carbons (Fsp3) is 0.500. The third-order valence-electron chi connectivity index (χ3n) is 6.19. The first-order valence-corrected chi connectivity index (χ1v) is 8.30. The van der Waals surface area contributed by atoms with E-state index in [2.05, 4.69) is 62.1 Å². The van der Waals surface area contributed by atoms with Crippen molar-refractivity contribution in [3.05, 3.63) is 58.7 Å². The van der Waals surface area contributed by atoms with E-state index < -0.39 is 0 Å². The number of aryl methyl sites for hydroxylation is 1. The second-order valence-corrected chi connectivity index (χ2v) is 7.13. The molecule has 3 atom stereocenters. The molecule has 21 heavy (non-hydrogen) atoms. The zero-order chi connectivity index (χ0) is 14.6. The summed E-state index contributed by atoms with van der Waals surface area (Å²) in [6.07, 6.45) is 7.59. The molecule has 2 fully saturated rings. The Kier molecular flexibility index (Phi) is 2.91. The van der Waals surface area contributed by atoms with Crippen LogP contribution in [0.25, 0.3) is 0 Å². The van der Waals surface area contributed by atoms with Gasteiger partial charge < -0.3 is 0 Å². The summed E-state index contributed by atoms with van der Waals surface area (Å²) >= 11 is 0. The molecule has 1 aromatic rings. The summed E-state index contributed by atoms with van der Waals surface area (Å²) in [4.78, 5) is 2.74. The highest BCUT2D eigenvalue weighted by atomic mass is 15.2. The minimum absolute atomic E-state index is 0.269. The molecule has 1 aliphatic carbocycles. The summed E-state index contributed by atoms with van der Waals surface area (Å²) in [5.74, 6) is 0.700. The van der Waals surface area contributed by atoms with Crippen LogP contribution in [0.1, 0.15) is 37.8 Å². The molecule has 2 aliphatic heterocycles. The molecule has 1 aromatic carbocycles. The van der Waals surface area contributed by atoms with Gasteiger partial charge in [-0.2, -0.15) is 0 Å². The van der Waals surface area contributed by atoms with E-state index in [0.717, 1.165) is 0 Å². The van der Waals surface area contributed by atoms with Gasteiger partial charge in [0.15, 0.2) is 0 Å². The highest BCUT2D eigenvalue weighted by Crippen LogP contribution is 2.53. The summed E-state index contributed by atoms with van der Waals surface area (Å²) in [5.41, 5.74) is 6.54. The molecule has 4 rings (SSSR count). The number of benzene rings is 1. The van der Waals surface area contributed by atoms with Gasteiger partial charge in [0.05, 0.1) is 0 Å². The van der Waals surface area contributed by atoms with Crippen molar-refractivity contribution < 1.29 is 0 Å². The molecule has 0 spiro atoms. The maximum Gasteiger partial charge on any atom is 0.0305 e. The minimum atomic E-state index is 0.269. The second-order valence-electron chi connectivity index (χ2n) is 7.13. The molecule has 2 saturated heterocycles. The lowest BCUT2D eigenvalue weighted by molar-refractivity contribution is 0.168. The van der Waals surface area contributed by atoms with Crippen molar-refractivity contribution in [2.24, 2.45) is 5.92 Å². The molecule has 0 saturated carbocycles. The van der Waals surface area contributed by atoms with Crippen molar-refractivity contribution in [1.82, 2.24) is 4.90 Å². The Balaban J connectivity index is 1.90. The van der Waals surface area contributed by atoms with Crippen LogP contribution >= 0.6 is 0 Å². The van der Waals surface area contributed by atoms with E-state index in [1.54, 1.807) is 16.7 Å². The first-order chi connectivity index (χ1) is 10.2. The molecule has 0 N–H and O–H groups in total. The van der Waals surface area contributed by atoms with E-state index >= 15 is 0 Å². The second kappa shape index (κ2) is 4.58. The van der Waals surface area contributed by atoms with E-state index in [-0.39, 0.29) is 5.41 Å². The molecule has 1 nitrogen and oxygen atoms in total. The Labute approximate surface area is 128 Å². The number of allylic oxidation sites excluding steroid dienone is 2. The maximum atomic E-state index is 2.74. The number of nitrogens with zero attached hydrogens (tertiary/aromatic N) is 1. The molecular weight excluding hydrogens is 254 g/mol. The Morgan fingerprint density at radius 3 is 2.81 bits per heavy atom.